The van der Waals surface area contributed by atoms with E-state index in [9.17, 15) is 14.4 Å². The van der Waals surface area contributed by atoms with Crippen molar-refractivity contribution in [2.24, 2.45) is 5.10 Å². The number of hydrogen-bond acceptors (Lipinski definition) is 6. The van der Waals surface area contributed by atoms with Crippen molar-refractivity contribution in [3.8, 4) is 0 Å². The summed E-state index contributed by atoms with van der Waals surface area (Å²) < 4.78 is 5.14. The van der Waals surface area contributed by atoms with Crippen molar-refractivity contribution in [3.05, 3.63) is 49.8 Å². The van der Waals surface area contributed by atoms with E-state index in [0.29, 0.717) is 26.2 Å². The fraction of sp³-hybridized carbons (Fsp3) is 0.300. The fourth-order valence-electron chi connectivity index (χ4n) is 3.05. The number of ether oxygens (including phenoxy) is 1. The normalized spacial score (nSPS) is 13.0. The van der Waals surface area contributed by atoms with Crippen molar-refractivity contribution < 1.29 is 19.1 Å². The Kier molecular flexibility index (Phi) is 7.47. The molecule has 158 valence electrons. The maximum absolute atomic E-state index is 12.4. The number of fused-ring (bicyclic) bond motifs is 1. The van der Waals surface area contributed by atoms with Crippen LogP contribution in [0.4, 0.5) is 5.00 Å². The first-order valence-electron chi connectivity index (χ1n) is 9.31. The van der Waals surface area contributed by atoms with Crippen molar-refractivity contribution in [2.75, 3.05) is 11.9 Å². The average molecular weight is 468 g/mol. The number of nitrogens with one attached hydrogen (secondary N) is 2. The number of esters is 1. The highest BCUT2D eigenvalue weighted by atomic mass is 35.5. The van der Waals surface area contributed by atoms with Gasteiger partial charge in [0.25, 0.3) is 0 Å². The summed E-state index contributed by atoms with van der Waals surface area (Å²) in [5.41, 5.74) is 3.91. The van der Waals surface area contributed by atoms with Gasteiger partial charge in [0.05, 0.1) is 23.4 Å². The molecule has 0 saturated heterocycles. The van der Waals surface area contributed by atoms with Crippen molar-refractivity contribution in [1.82, 2.24) is 5.43 Å². The molecule has 1 aliphatic carbocycles. The Bertz CT molecular complexity index is 1020. The maximum atomic E-state index is 12.4. The third-order valence-electron chi connectivity index (χ3n) is 4.42. The molecular formula is C20H19Cl2N3O4S. The average Bonchev–Trinajstić information content (AvgIpc) is 3.07. The van der Waals surface area contributed by atoms with Crippen LogP contribution in [0, 0.1) is 0 Å². The van der Waals surface area contributed by atoms with Gasteiger partial charge in [-0.3, -0.25) is 9.59 Å². The number of benzene rings is 1. The summed E-state index contributed by atoms with van der Waals surface area (Å²) in [4.78, 5) is 37.9. The van der Waals surface area contributed by atoms with Crippen molar-refractivity contribution >= 4 is 63.5 Å². The van der Waals surface area contributed by atoms with Gasteiger partial charge < -0.3 is 10.1 Å². The number of carbonyl (C=O) groups is 3. The molecule has 2 N–H and O–H groups in total. The van der Waals surface area contributed by atoms with Gasteiger partial charge in [0.15, 0.2) is 0 Å². The highest BCUT2D eigenvalue weighted by Gasteiger charge is 2.28. The number of thiophene rings is 1. The van der Waals surface area contributed by atoms with E-state index in [-0.39, 0.29) is 6.61 Å². The fourth-order valence-corrected chi connectivity index (χ4v) is 4.78. The highest BCUT2D eigenvalue weighted by Crippen LogP contribution is 2.38. The van der Waals surface area contributed by atoms with Gasteiger partial charge in [-0.05, 0) is 50.3 Å². The van der Waals surface area contributed by atoms with Crippen LogP contribution in [0.1, 0.15) is 46.1 Å². The summed E-state index contributed by atoms with van der Waals surface area (Å²) in [6.07, 6.45) is 4.87. The lowest BCUT2D eigenvalue weighted by atomic mass is 9.95. The Balaban J connectivity index is 1.70. The Labute approximate surface area is 187 Å². The number of aryl methyl sites for hydroxylation is 1. The monoisotopic (exact) mass is 467 g/mol. The molecule has 30 heavy (non-hydrogen) atoms. The van der Waals surface area contributed by atoms with E-state index in [1.165, 1.54) is 23.6 Å². The summed E-state index contributed by atoms with van der Waals surface area (Å²) in [7, 11) is 0. The molecule has 1 aromatic carbocycles. The van der Waals surface area contributed by atoms with Gasteiger partial charge in [-0.2, -0.15) is 5.10 Å². The minimum atomic E-state index is -0.975. The zero-order valence-corrected chi connectivity index (χ0v) is 18.4. The Morgan fingerprint density at radius 1 is 1.20 bits per heavy atom. The van der Waals surface area contributed by atoms with E-state index in [0.717, 1.165) is 36.1 Å². The molecule has 0 aliphatic heterocycles. The summed E-state index contributed by atoms with van der Waals surface area (Å²) in [6, 6.07) is 4.79. The molecule has 10 heteroatoms. The molecule has 0 spiro atoms. The van der Waals surface area contributed by atoms with Crippen LogP contribution in [0.15, 0.2) is 23.3 Å². The minimum Gasteiger partial charge on any atom is -0.462 e. The Hall–Kier alpha value is -2.42. The number of carbonyl (C=O) groups excluding carboxylic acids is 3. The number of amides is 2. The molecule has 0 radical (unpaired) electrons. The maximum Gasteiger partial charge on any atom is 0.341 e. The lowest BCUT2D eigenvalue weighted by molar-refractivity contribution is -0.136. The number of nitrogens with zero attached hydrogens (tertiary/aromatic N) is 1. The SMILES string of the molecule is CCOC(=O)c1c(NC(=O)C(=O)N/N=C\c2ccc(Cl)cc2Cl)sc2c1CCCC2. The van der Waals surface area contributed by atoms with E-state index in [1.807, 2.05) is 0 Å². The first-order valence-corrected chi connectivity index (χ1v) is 10.9. The quantitative estimate of drug-likeness (QED) is 0.298. The third-order valence-corrected chi connectivity index (χ3v) is 6.19. The van der Waals surface area contributed by atoms with Gasteiger partial charge in [-0.25, -0.2) is 10.2 Å². The molecule has 0 atom stereocenters. The second-order valence-corrected chi connectivity index (χ2v) is 8.40. The van der Waals surface area contributed by atoms with Crippen LogP contribution in [0.25, 0.3) is 0 Å². The van der Waals surface area contributed by atoms with Gasteiger partial charge in [0.1, 0.15) is 5.00 Å². The number of rotatable bonds is 5. The molecule has 2 aromatic rings. The standard InChI is InChI=1S/C20H19Cl2N3O4S/c1-2-29-20(28)16-13-5-3-4-6-15(13)30-19(16)24-17(26)18(27)25-23-10-11-7-8-12(21)9-14(11)22/h7-10H,2-6H2,1H3,(H,24,26)(H,25,27)/b23-10-. The second-order valence-electron chi connectivity index (χ2n) is 6.45. The number of hydrogen-bond donors (Lipinski definition) is 2. The molecule has 7 nitrogen and oxygen atoms in total. The molecular weight excluding hydrogens is 449 g/mol. The van der Waals surface area contributed by atoms with E-state index in [4.69, 9.17) is 27.9 Å². The minimum absolute atomic E-state index is 0.222. The smallest absolute Gasteiger partial charge is 0.341 e. The van der Waals surface area contributed by atoms with Gasteiger partial charge in [-0.15, -0.1) is 11.3 Å². The lowest BCUT2D eigenvalue weighted by Gasteiger charge is -2.12. The predicted octanol–water partition coefficient (Wildman–Crippen LogP) is 4.20. The molecule has 0 saturated carbocycles. The van der Waals surface area contributed by atoms with Crippen LogP contribution < -0.4 is 10.7 Å². The highest BCUT2D eigenvalue weighted by molar-refractivity contribution is 7.17. The van der Waals surface area contributed by atoms with Crippen LogP contribution >= 0.6 is 34.5 Å². The third kappa shape index (κ3) is 5.19. The van der Waals surface area contributed by atoms with Crippen LogP contribution in [0.2, 0.25) is 10.0 Å². The predicted molar refractivity (Wildman–Crippen MR) is 118 cm³/mol. The number of halogens is 2. The Morgan fingerprint density at radius 3 is 2.70 bits per heavy atom. The van der Waals surface area contributed by atoms with Crippen LogP contribution in [0.5, 0.6) is 0 Å². The summed E-state index contributed by atoms with van der Waals surface area (Å²) >= 11 is 13.2. The summed E-state index contributed by atoms with van der Waals surface area (Å²) in [5.74, 6) is -2.40. The van der Waals surface area contributed by atoms with Crippen LogP contribution in [-0.2, 0) is 27.2 Å². The van der Waals surface area contributed by atoms with Gasteiger partial charge in [0, 0.05) is 15.5 Å². The molecule has 0 unspecified atom stereocenters. The van der Waals surface area contributed by atoms with E-state index in [2.05, 4.69) is 15.8 Å². The zero-order chi connectivity index (χ0) is 21.7. The number of anilines is 1. The van der Waals surface area contributed by atoms with Gasteiger partial charge >= 0.3 is 17.8 Å². The summed E-state index contributed by atoms with van der Waals surface area (Å²) in [6.45, 7) is 1.94. The van der Waals surface area contributed by atoms with E-state index in [1.54, 1.807) is 19.1 Å². The van der Waals surface area contributed by atoms with Gasteiger partial charge in [0.2, 0.25) is 0 Å². The molecule has 1 aliphatic rings. The van der Waals surface area contributed by atoms with Crippen LogP contribution in [0.3, 0.4) is 0 Å². The largest absolute Gasteiger partial charge is 0.462 e. The van der Waals surface area contributed by atoms with Crippen LogP contribution in [-0.4, -0.2) is 30.6 Å². The van der Waals surface area contributed by atoms with Crippen molar-refractivity contribution in [2.45, 2.75) is 32.6 Å². The molecule has 0 bridgehead atoms. The second kappa shape index (κ2) is 10.1. The van der Waals surface area contributed by atoms with Gasteiger partial charge in [-0.1, -0.05) is 29.3 Å². The summed E-state index contributed by atoms with van der Waals surface area (Å²) in [5, 5.41) is 7.42. The lowest BCUT2D eigenvalue weighted by Crippen LogP contribution is -2.32. The van der Waals surface area contributed by atoms with E-state index < -0.39 is 17.8 Å². The van der Waals surface area contributed by atoms with Crippen molar-refractivity contribution in [1.29, 1.82) is 0 Å². The molecule has 2 amide bonds. The topological polar surface area (TPSA) is 96.9 Å². The molecule has 0 fully saturated rings. The molecule has 1 aromatic heterocycles. The van der Waals surface area contributed by atoms with Crippen molar-refractivity contribution in [3.63, 3.8) is 0 Å². The first kappa shape index (κ1) is 22.3. The molecule has 3 rings (SSSR count). The Morgan fingerprint density at radius 2 is 1.97 bits per heavy atom. The zero-order valence-electron chi connectivity index (χ0n) is 16.1. The number of hydrazone groups is 1. The molecule has 1 heterocycles. The van der Waals surface area contributed by atoms with E-state index >= 15 is 0 Å². The first-order chi connectivity index (χ1) is 14.4.